The van der Waals surface area contributed by atoms with Gasteiger partial charge in [0.15, 0.2) is 0 Å². The average Bonchev–Trinajstić information content (AvgIpc) is 2.71. The second-order valence-electron chi connectivity index (χ2n) is 7.74. The molecule has 0 saturated carbocycles. The molecule has 3 nitrogen and oxygen atoms in total. The molecule has 0 fully saturated rings. The molecule has 1 aromatic carbocycles. The van der Waals surface area contributed by atoms with Gasteiger partial charge in [-0.3, -0.25) is 0 Å². The van der Waals surface area contributed by atoms with Gasteiger partial charge in [-0.05, 0) is 24.3 Å². The van der Waals surface area contributed by atoms with E-state index in [-0.39, 0.29) is 13.2 Å². The zero-order valence-electron chi connectivity index (χ0n) is 19.8. The summed E-state index contributed by atoms with van der Waals surface area (Å²) in [6.07, 6.45) is 10.4. The van der Waals surface area contributed by atoms with Gasteiger partial charge in [-0.1, -0.05) is 116 Å². The SMILES string of the molecule is CCC(C)C.CCCCC(C)CCCC.Cc1cccc(CO)c1.NCC=O. The summed E-state index contributed by atoms with van der Waals surface area (Å²) in [5.74, 6) is 1.86. The zero-order valence-corrected chi connectivity index (χ0v) is 19.8. The molecular weight excluding hydrogens is 346 g/mol. The number of aliphatic hydroxyl groups is 1. The van der Waals surface area contributed by atoms with Crippen molar-refractivity contribution >= 4 is 6.29 Å². The maximum atomic E-state index is 9.05. The van der Waals surface area contributed by atoms with Crippen LogP contribution in [-0.4, -0.2) is 17.9 Å². The van der Waals surface area contributed by atoms with E-state index in [1.807, 2.05) is 31.2 Å². The van der Waals surface area contributed by atoms with Crippen LogP contribution in [0.2, 0.25) is 0 Å². The second kappa shape index (κ2) is 25.8. The number of hydrogen-bond donors (Lipinski definition) is 2. The van der Waals surface area contributed by atoms with Crippen molar-refractivity contribution in [3.05, 3.63) is 35.4 Å². The molecule has 3 heteroatoms. The third-order valence-electron chi connectivity index (χ3n) is 4.28. The number of nitrogens with two attached hydrogens (primary N) is 1. The molecule has 3 N–H and O–H groups in total. The predicted molar refractivity (Wildman–Crippen MR) is 126 cm³/mol. The van der Waals surface area contributed by atoms with Gasteiger partial charge in [-0.15, -0.1) is 0 Å². The number of aryl methyl sites for hydroxylation is 1. The fourth-order valence-electron chi connectivity index (χ4n) is 2.06. The van der Waals surface area contributed by atoms with Crippen LogP contribution in [0, 0.1) is 18.8 Å². The molecule has 0 unspecified atom stereocenters. The number of rotatable bonds is 9. The first-order valence-corrected chi connectivity index (χ1v) is 11.1. The van der Waals surface area contributed by atoms with Crippen molar-refractivity contribution in [3.63, 3.8) is 0 Å². The normalized spacial score (nSPS) is 9.54. The number of benzene rings is 1. The van der Waals surface area contributed by atoms with E-state index < -0.39 is 0 Å². The Morgan fingerprint density at radius 2 is 1.50 bits per heavy atom. The van der Waals surface area contributed by atoms with Crippen LogP contribution >= 0.6 is 0 Å². The quantitative estimate of drug-likeness (QED) is 0.458. The molecule has 0 heterocycles. The van der Waals surface area contributed by atoms with E-state index in [1.165, 1.54) is 50.5 Å². The van der Waals surface area contributed by atoms with Crippen molar-refractivity contribution < 1.29 is 9.90 Å². The van der Waals surface area contributed by atoms with E-state index >= 15 is 0 Å². The molecule has 0 bridgehead atoms. The third kappa shape index (κ3) is 29.6. The van der Waals surface area contributed by atoms with E-state index in [4.69, 9.17) is 9.90 Å². The van der Waals surface area contributed by atoms with Crippen molar-refractivity contribution in [2.24, 2.45) is 17.6 Å². The van der Waals surface area contributed by atoms with Crippen LogP contribution in [0.25, 0.3) is 0 Å². The van der Waals surface area contributed by atoms with Gasteiger partial charge in [0.25, 0.3) is 0 Å². The molecule has 0 radical (unpaired) electrons. The summed E-state index contributed by atoms with van der Waals surface area (Å²) in [5.41, 5.74) is 6.84. The molecule has 0 atom stereocenters. The lowest BCUT2D eigenvalue weighted by Crippen LogP contribution is -1.97. The highest BCUT2D eigenvalue weighted by molar-refractivity contribution is 5.51. The third-order valence-corrected chi connectivity index (χ3v) is 4.28. The maximum absolute atomic E-state index is 9.05. The number of carbonyl (C=O) groups is 1. The standard InChI is InChI=1S/C10H22.C8H10O.C5H12.C2H5NO/c1-4-6-8-10(3)9-7-5-2;1-7-3-2-4-8(5-7)6-9;1-4-5(2)3;3-1-2-4/h10H,4-9H2,1-3H3;2-5,9H,6H2,1H3;5H,4H2,1-3H3;2H,1,3H2. The van der Waals surface area contributed by atoms with E-state index in [0.29, 0.717) is 6.29 Å². The summed E-state index contributed by atoms with van der Waals surface area (Å²) in [4.78, 5) is 9.05. The van der Waals surface area contributed by atoms with Crippen LogP contribution in [0.15, 0.2) is 24.3 Å². The molecule has 0 amide bonds. The number of hydrogen-bond acceptors (Lipinski definition) is 3. The number of carbonyl (C=O) groups excluding carboxylic acids is 1. The van der Waals surface area contributed by atoms with Gasteiger partial charge in [0, 0.05) is 6.54 Å². The number of aliphatic hydroxyl groups excluding tert-OH is 1. The Kier molecular flexibility index (Phi) is 29.0. The molecule has 0 aromatic heterocycles. The van der Waals surface area contributed by atoms with Crippen molar-refractivity contribution in [1.29, 1.82) is 0 Å². The Bertz CT molecular complexity index is 411. The molecule has 1 rings (SSSR count). The minimum absolute atomic E-state index is 0.139. The van der Waals surface area contributed by atoms with Gasteiger partial charge in [-0.2, -0.15) is 0 Å². The van der Waals surface area contributed by atoms with Crippen LogP contribution in [0.1, 0.15) is 97.6 Å². The van der Waals surface area contributed by atoms with E-state index in [0.717, 1.165) is 17.4 Å². The molecular formula is C25H49NO2. The highest BCUT2D eigenvalue weighted by Crippen LogP contribution is 2.14. The summed E-state index contributed by atoms with van der Waals surface area (Å²) in [6.45, 7) is 15.9. The average molecular weight is 396 g/mol. The summed E-state index contributed by atoms with van der Waals surface area (Å²) in [7, 11) is 0. The Hall–Kier alpha value is -1.19. The summed E-state index contributed by atoms with van der Waals surface area (Å²) < 4.78 is 0. The van der Waals surface area contributed by atoms with Crippen LogP contribution in [-0.2, 0) is 11.4 Å². The first-order valence-electron chi connectivity index (χ1n) is 11.1. The molecule has 0 aliphatic rings. The van der Waals surface area contributed by atoms with Gasteiger partial charge >= 0.3 is 0 Å². The van der Waals surface area contributed by atoms with Crippen LogP contribution in [0.5, 0.6) is 0 Å². The first kappa shape index (κ1) is 31.5. The van der Waals surface area contributed by atoms with Crippen LogP contribution in [0.4, 0.5) is 0 Å². The molecule has 1 aromatic rings. The topological polar surface area (TPSA) is 63.3 Å². The predicted octanol–water partition coefficient (Wildman–Crippen LogP) is 6.69. The lowest BCUT2D eigenvalue weighted by atomic mass is 9.98. The van der Waals surface area contributed by atoms with Gasteiger partial charge in [0.1, 0.15) is 6.29 Å². The fraction of sp³-hybridized carbons (Fsp3) is 0.720. The minimum atomic E-state index is 0.139. The Labute approximate surface area is 176 Å². The van der Waals surface area contributed by atoms with E-state index in [1.54, 1.807) is 0 Å². The Balaban J connectivity index is -0.000000318. The molecule has 0 aliphatic carbocycles. The Morgan fingerprint density at radius 1 is 1.04 bits per heavy atom. The number of unbranched alkanes of at least 4 members (excludes halogenated alkanes) is 2. The van der Waals surface area contributed by atoms with Crippen molar-refractivity contribution in [2.45, 2.75) is 100 Å². The summed E-state index contributed by atoms with van der Waals surface area (Å²) in [5, 5.41) is 8.66. The first-order chi connectivity index (χ1) is 13.3. The number of aldehydes is 1. The van der Waals surface area contributed by atoms with Crippen LogP contribution in [0.3, 0.4) is 0 Å². The largest absolute Gasteiger partial charge is 0.392 e. The smallest absolute Gasteiger partial charge is 0.133 e. The molecule has 0 saturated heterocycles. The zero-order chi connectivity index (χ0) is 22.2. The van der Waals surface area contributed by atoms with Gasteiger partial charge in [-0.25, -0.2) is 0 Å². The van der Waals surface area contributed by atoms with Crippen LogP contribution < -0.4 is 5.73 Å². The van der Waals surface area contributed by atoms with E-state index in [9.17, 15) is 0 Å². The minimum Gasteiger partial charge on any atom is -0.392 e. The van der Waals surface area contributed by atoms with Gasteiger partial charge < -0.3 is 15.6 Å². The van der Waals surface area contributed by atoms with Gasteiger partial charge in [0.05, 0.1) is 6.61 Å². The lowest BCUT2D eigenvalue weighted by molar-refractivity contribution is -0.106. The Morgan fingerprint density at radius 3 is 1.75 bits per heavy atom. The maximum Gasteiger partial charge on any atom is 0.133 e. The van der Waals surface area contributed by atoms with Gasteiger partial charge in [0.2, 0.25) is 0 Å². The molecule has 166 valence electrons. The van der Waals surface area contributed by atoms with E-state index in [2.05, 4.69) is 47.3 Å². The molecule has 0 spiro atoms. The van der Waals surface area contributed by atoms with Crippen molar-refractivity contribution in [1.82, 2.24) is 0 Å². The van der Waals surface area contributed by atoms with Crippen molar-refractivity contribution in [2.75, 3.05) is 6.54 Å². The summed E-state index contributed by atoms with van der Waals surface area (Å²) >= 11 is 0. The fourth-order valence-corrected chi connectivity index (χ4v) is 2.06. The summed E-state index contributed by atoms with van der Waals surface area (Å²) in [6, 6.07) is 7.84. The molecule has 0 aliphatic heterocycles. The highest BCUT2D eigenvalue weighted by Gasteiger charge is 1.98. The lowest BCUT2D eigenvalue weighted by Gasteiger charge is -2.08. The monoisotopic (exact) mass is 395 g/mol. The second-order valence-corrected chi connectivity index (χ2v) is 7.74. The highest BCUT2D eigenvalue weighted by atomic mass is 16.3. The van der Waals surface area contributed by atoms with Crippen molar-refractivity contribution in [3.8, 4) is 0 Å². The molecule has 28 heavy (non-hydrogen) atoms.